The van der Waals surface area contributed by atoms with E-state index in [0.717, 1.165) is 11.1 Å². The van der Waals surface area contributed by atoms with Gasteiger partial charge in [0.25, 0.3) is 0 Å². The number of fused-ring (bicyclic) bond motifs is 1. The molecular weight excluding hydrogens is 212 g/mol. The minimum atomic E-state index is 0.401. The molecule has 0 atom stereocenters. The van der Waals surface area contributed by atoms with E-state index in [9.17, 15) is 0 Å². The molecule has 0 fully saturated rings. The van der Waals surface area contributed by atoms with Gasteiger partial charge < -0.3 is 10.3 Å². The molecule has 0 saturated heterocycles. The number of hydrogen-bond donors (Lipinski definition) is 1. The highest BCUT2D eigenvalue weighted by Crippen LogP contribution is 2.29. The third kappa shape index (κ3) is 1.93. The summed E-state index contributed by atoms with van der Waals surface area (Å²) in [6.07, 6.45) is 7.99. The topological polar surface area (TPSA) is 52.0 Å². The number of benzene rings is 1. The molecule has 0 unspecified atom stereocenters. The lowest BCUT2D eigenvalue weighted by molar-refractivity contribution is 0.436. The van der Waals surface area contributed by atoms with Gasteiger partial charge in [-0.05, 0) is 42.4 Å². The van der Waals surface area contributed by atoms with E-state index in [1.165, 1.54) is 43.2 Å². The molecule has 3 nitrogen and oxygen atoms in total. The molecule has 0 bridgehead atoms. The number of aryl methyl sites for hydroxylation is 2. The van der Waals surface area contributed by atoms with Gasteiger partial charge in [0, 0.05) is 0 Å². The highest BCUT2D eigenvalue weighted by Gasteiger charge is 2.12. The van der Waals surface area contributed by atoms with E-state index in [2.05, 4.69) is 23.4 Å². The third-order valence-electron chi connectivity index (χ3n) is 3.51. The second-order valence-corrected chi connectivity index (χ2v) is 4.65. The summed E-state index contributed by atoms with van der Waals surface area (Å²) in [5, 5.41) is 3.73. The van der Waals surface area contributed by atoms with Crippen molar-refractivity contribution in [2.75, 3.05) is 5.73 Å². The zero-order chi connectivity index (χ0) is 11.7. The fourth-order valence-corrected chi connectivity index (χ4v) is 2.54. The van der Waals surface area contributed by atoms with Gasteiger partial charge in [0.1, 0.15) is 0 Å². The Labute approximate surface area is 101 Å². The molecule has 0 radical (unpaired) electrons. The smallest absolute Gasteiger partial charge is 0.229 e. The van der Waals surface area contributed by atoms with Gasteiger partial charge in [0.05, 0.1) is 11.8 Å². The third-order valence-corrected chi connectivity index (χ3v) is 3.51. The van der Waals surface area contributed by atoms with Crippen molar-refractivity contribution in [2.24, 2.45) is 0 Å². The zero-order valence-corrected chi connectivity index (χ0v) is 9.78. The lowest BCUT2D eigenvalue weighted by atomic mass is 9.98. The van der Waals surface area contributed by atoms with Crippen LogP contribution in [0, 0.1) is 0 Å². The second kappa shape index (κ2) is 4.24. The summed E-state index contributed by atoms with van der Waals surface area (Å²) >= 11 is 0. The van der Waals surface area contributed by atoms with Crippen molar-refractivity contribution in [3.63, 3.8) is 0 Å². The van der Waals surface area contributed by atoms with Crippen molar-refractivity contribution < 1.29 is 4.52 Å². The first kappa shape index (κ1) is 10.4. The molecule has 1 aliphatic carbocycles. The van der Waals surface area contributed by atoms with E-state index in [1.807, 2.05) is 0 Å². The van der Waals surface area contributed by atoms with E-state index >= 15 is 0 Å². The van der Waals surface area contributed by atoms with Crippen LogP contribution < -0.4 is 5.73 Å². The number of nitrogens with zero attached hydrogens (tertiary/aromatic N) is 1. The monoisotopic (exact) mass is 228 g/mol. The summed E-state index contributed by atoms with van der Waals surface area (Å²) in [4.78, 5) is 0. The Morgan fingerprint density at radius 1 is 1.06 bits per heavy atom. The maximum atomic E-state index is 5.75. The molecule has 1 aromatic heterocycles. The minimum Gasteiger partial charge on any atom is -0.367 e. The Morgan fingerprint density at radius 3 is 2.65 bits per heavy atom. The predicted molar refractivity (Wildman–Crippen MR) is 67.6 cm³/mol. The summed E-state index contributed by atoms with van der Waals surface area (Å²) in [6.45, 7) is 0. The van der Waals surface area contributed by atoms with E-state index in [4.69, 9.17) is 10.3 Å². The largest absolute Gasteiger partial charge is 0.367 e. The molecule has 1 aromatic carbocycles. The molecule has 2 N–H and O–H groups in total. The van der Waals surface area contributed by atoms with Crippen molar-refractivity contribution >= 4 is 5.88 Å². The highest BCUT2D eigenvalue weighted by atomic mass is 16.5. The van der Waals surface area contributed by atoms with Crippen LogP contribution >= 0.6 is 0 Å². The molecule has 88 valence electrons. The van der Waals surface area contributed by atoms with E-state index in [1.54, 1.807) is 6.20 Å². The van der Waals surface area contributed by atoms with Crippen LogP contribution in [0.4, 0.5) is 5.88 Å². The Morgan fingerprint density at radius 2 is 1.88 bits per heavy atom. The van der Waals surface area contributed by atoms with Crippen LogP contribution in [0.5, 0.6) is 0 Å². The number of rotatable bonds is 1. The van der Waals surface area contributed by atoms with Crippen LogP contribution in [-0.2, 0) is 12.8 Å². The van der Waals surface area contributed by atoms with Crippen LogP contribution in [-0.4, -0.2) is 5.16 Å². The maximum absolute atomic E-state index is 5.75. The van der Waals surface area contributed by atoms with Crippen molar-refractivity contribution in [2.45, 2.75) is 32.1 Å². The zero-order valence-electron chi connectivity index (χ0n) is 9.78. The van der Waals surface area contributed by atoms with Crippen molar-refractivity contribution in [3.8, 4) is 11.1 Å². The summed E-state index contributed by atoms with van der Waals surface area (Å²) in [7, 11) is 0. The van der Waals surface area contributed by atoms with Crippen LogP contribution in [0.25, 0.3) is 11.1 Å². The molecule has 1 heterocycles. The summed E-state index contributed by atoms with van der Waals surface area (Å²) in [6, 6.07) is 6.58. The number of anilines is 1. The van der Waals surface area contributed by atoms with Crippen molar-refractivity contribution in [3.05, 3.63) is 35.5 Å². The van der Waals surface area contributed by atoms with Gasteiger partial charge in [-0.1, -0.05) is 29.8 Å². The van der Waals surface area contributed by atoms with Gasteiger partial charge >= 0.3 is 0 Å². The molecular formula is C14H16N2O. The average molecular weight is 228 g/mol. The van der Waals surface area contributed by atoms with E-state index in [-0.39, 0.29) is 0 Å². The van der Waals surface area contributed by atoms with E-state index < -0.39 is 0 Å². The minimum absolute atomic E-state index is 0.401. The Bertz CT molecular complexity index is 531. The SMILES string of the molecule is Nc1oncc1-c1ccc2c(c1)CCCCC2. The van der Waals surface area contributed by atoms with Crippen LogP contribution in [0.2, 0.25) is 0 Å². The number of nitrogen functional groups attached to an aromatic ring is 1. The van der Waals surface area contributed by atoms with Crippen molar-refractivity contribution in [1.82, 2.24) is 5.16 Å². The van der Waals surface area contributed by atoms with Gasteiger partial charge in [0.15, 0.2) is 0 Å². The molecule has 3 rings (SSSR count). The molecule has 0 saturated carbocycles. The van der Waals surface area contributed by atoms with E-state index in [0.29, 0.717) is 5.88 Å². The highest BCUT2D eigenvalue weighted by molar-refractivity contribution is 5.72. The lowest BCUT2D eigenvalue weighted by Crippen LogP contribution is -1.92. The summed E-state index contributed by atoms with van der Waals surface area (Å²) < 4.78 is 4.92. The summed E-state index contributed by atoms with van der Waals surface area (Å²) in [5.41, 5.74) is 10.7. The number of hydrogen-bond acceptors (Lipinski definition) is 3. The Kier molecular flexibility index (Phi) is 2.59. The number of aromatic nitrogens is 1. The molecule has 0 spiro atoms. The molecule has 2 aromatic rings. The van der Waals surface area contributed by atoms with Gasteiger partial charge in [-0.3, -0.25) is 0 Å². The van der Waals surface area contributed by atoms with Gasteiger partial charge in [-0.15, -0.1) is 0 Å². The average Bonchev–Trinajstić information content (AvgIpc) is 2.64. The van der Waals surface area contributed by atoms with Gasteiger partial charge in [-0.25, -0.2) is 0 Å². The molecule has 3 heteroatoms. The van der Waals surface area contributed by atoms with Gasteiger partial charge in [-0.2, -0.15) is 0 Å². The quantitative estimate of drug-likeness (QED) is 0.762. The molecule has 0 aliphatic heterocycles. The van der Waals surface area contributed by atoms with Crippen molar-refractivity contribution in [1.29, 1.82) is 0 Å². The Hall–Kier alpha value is -1.77. The molecule has 0 amide bonds. The van der Waals surface area contributed by atoms with Crippen LogP contribution in [0.15, 0.2) is 28.9 Å². The first-order valence-corrected chi connectivity index (χ1v) is 6.17. The van der Waals surface area contributed by atoms with Crippen LogP contribution in [0.3, 0.4) is 0 Å². The second-order valence-electron chi connectivity index (χ2n) is 4.65. The summed E-state index contributed by atoms with van der Waals surface area (Å²) in [5.74, 6) is 0.401. The molecule has 17 heavy (non-hydrogen) atoms. The lowest BCUT2D eigenvalue weighted by Gasteiger charge is -2.07. The first-order chi connectivity index (χ1) is 8.34. The fourth-order valence-electron chi connectivity index (χ4n) is 2.54. The normalized spacial score (nSPS) is 15.3. The first-order valence-electron chi connectivity index (χ1n) is 6.17. The standard InChI is InChI=1S/C14H16N2O/c15-14-13(9-16-17-14)12-7-6-10-4-2-1-3-5-11(10)8-12/h6-9H,1-5,15H2. The van der Waals surface area contributed by atoms with Gasteiger partial charge in [0.2, 0.25) is 5.88 Å². The number of nitrogens with two attached hydrogens (primary N) is 1. The maximum Gasteiger partial charge on any atom is 0.229 e. The molecule has 1 aliphatic rings. The predicted octanol–water partition coefficient (Wildman–Crippen LogP) is 3.19. The van der Waals surface area contributed by atoms with Crippen LogP contribution in [0.1, 0.15) is 30.4 Å². The Balaban J connectivity index is 2.03. The fraction of sp³-hybridized carbons (Fsp3) is 0.357.